The third kappa shape index (κ3) is 3.79. The molecule has 0 fully saturated rings. The van der Waals surface area contributed by atoms with Crippen molar-refractivity contribution in [3.05, 3.63) is 108 Å². The van der Waals surface area contributed by atoms with Crippen LogP contribution in [0.2, 0.25) is 0 Å². The first-order chi connectivity index (χ1) is 17.4. The lowest BCUT2D eigenvalue weighted by molar-refractivity contribution is -0.384. The lowest BCUT2D eigenvalue weighted by Crippen LogP contribution is -2.40. The molecule has 0 saturated heterocycles. The minimum atomic E-state index is -0.988. The molecule has 1 amide bonds. The molecule has 3 aromatic heterocycles. The molecule has 1 aromatic carbocycles. The average Bonchev–Trinajstić information content (AvgIpc) is 3.62. The van der Waals surface area contributed by atoms with E-state index in [4.69, 9.17) is 14.6 Å². The van der Waals surface area contributed by atoms with Gasteiger partial charge in [-0.1, -0.05) is 0 Å². The second kappa shape index (κ2) is 8.90. The van der Waals surface area contributed by atoms with Crippen LogP contribution in [-0.2, 0) is 4.79 Å². The fourth-order valence-electron chi connectivity index (χ4n) is 3.88. The van der Waals surface area contributed by atoms with Crippen LogP contribution in [0, 0.1) is 21.4 Å². The zero-order valence-corrected chi connectivity index (χ0v) is 19.0. The van der Waals surface area contributed by atoms with Crippen LogP contribution in [0.5, 0.6) is 0 Å². The summed E-state index contributed by atoms with van der Waals surface area (Å²) in [5.74, 6) is -1.02. The molecule has 178 valence electrons. The molecule has 12 heteroatoms. The topological polar surface area (TPSA) is 170 Å². The van der Waals surface area contributed by atoms with Gasteiger partial charge in [0, 0.05) is 23.9 Å². The quantitative estimate of drug-likeness (QED) is 0.309. The van der Waals surface area contributed by atoms with Crippen LogP contribution in [0.15, 0.2) is 80.3 Å². The first-order valence-electron chi connectivity index (χ1n) is 10.4. The van der Waals surface area contributed by atoms with E-state index in [1.54, 1.807) is 24.3 Å². The van der Waals surface area contributed by atoms with Crippen molar-refractivity contribution in [2.75, 3.05) is 5.32 Å². The summed E-state index contributed by atoms with van der Waals surface area (Å²) >= 11 is 1.01. The van der Waals surface area contributed by atoms with E-state index >= 15 is 0 Å². The summed E-state index contributed by atoms with van der Waals surface area (Å²) in [5, 5.41) is 23.6. The number of nitrogens with one attached hydrogen (secondary N) is 1. The number of benzene rings is 1. The molecule has 11 nitrogen and oxygen atoms in total. The van der Waals surface area contributed by atoms with Crippen molar-refractivity contribution in [1.29, 1.82) is 5.26 Å². The Morgan fingerprint density at radius 2 is 1.92 bits per heavy atom. The van der Waals surface area contributed by atoms with E-state index in [-0.39, 0.29) is 43.3 Å². The number of furan rings is 2. The van der Waals surface area contributed by atoms with Gasteiger partial charge in [0.1, 0.15) is 22.0 Å². The lowest BCUT2D eigenvalue weighted by Gasteiger charge is -2.23. The third-order valence-corrected chi connectivity index (χ3v) is 6.60. The summed E-state index contributed by atoms with van der Waals surface area (Å²) in [7, 11) is 0. The first-order valence-corrected chi connectivity index (χ1v) is 11.2. The molecule has 0 radical (unpaired) electrons. The number of non-ortho nitro benzene ring substituents is 1. The number of nitro groups is 1. The zero-order valence-electron chi connectivity index (χ0n) is 18.2. The number of nitriles is 1. The number of carbonyl (C=O) groups is 1. The second-order valence-corrected chi connectivity index (χ2v) is 8.63. The molecule has 0 bridgehead atoms. The van der Waals surface area contributed by atoms with Gasteiger partial charge >= 0.3 is 0 Å². The van der Waals surface area contributed by atoms with E-state index < -0.39 is 22.3 Å². The Balaban J connectivity index is 1.74. The maximum Gasteiger partial charge on any atom is 0.274 e. The van der Waals surface area contributed by atoms with E-state index in [9.17, 15) is 25.0 Å². The molecule has 0 saturated carbocycles. The number of aromatic nitrogens is 1. The van der Waals surface area contributed by atoms with Gasteiger partial charge in [-0.25, -0.2) is 0 Å². The standard InChI is InChI=1S/C24H15N5O6S/c25-12-16-19(17-4-2-10-35-17)20(22(30)27-13-5-7-14(8-6-13)29(32)33)24-28(21(16)26)23(31)18(36-24)11-15-3-1-9-34-15/h1-11,19H,26H2,(H,27,30)/b18-11-. The number of hydrogen-bond donors (Lipinski definition) is 2. The number of thiazole rings is 1. The fourth-order valence-corrected chi connectivity index (χ4v) is 5.03. The number of nitro benzene ring substituents is 1. The highest BCUT2D eigenvalue weighted by molar-refractivity contribution is 7.07. The van der Waals surface area contributed by atoms with Crippen molar-refractivity contribution >= 4 is 46.1 Å². The minimum Gasteiger partial charge on any atom is -0.468 e. The number of rotatable bonds is 5. The maximum atomic E-state index is 13.6. The number of carbonyl (C=O) groups excluding carboxylic acids is 1. The van der Waals surface area contributed by atoms with Crippen LogP contribution in [0.1, 0.15) is 17.4 Å². The lowest BCUT2D eigenvalue weighted by atomic mass is 9.87. The van der Waals surface area contributed by atoms with E-state index in [0.717, 1.165) is 15.9 Å². The Kier molecular flexibility index (Phi) is 5.59. The molecule has 4 heterocycles. The van der Waals surface area contributed by atoms with Gasteiger partial charge in [-0.3, -0.25) is 24.3 Å². The predicted octanol–water partition coefficient (Wildman–Crippen LogP) is 2.07. The number of allylic oxidation sites excluding steroid dienone is 1. The van der Waals surface area contributed by atoms with Crippen LogP contribution < -0.4 is 25.8 Å². The Labute approximate surface area is 205 Å². The zero-order chi connectivity index (χ0) is 25.4. The van der Waals surface area contributed by atoms with E-state index in [0.29, 0.717) is 5.76 Å². The summed E-state index contributed by atoms with van der Waals surface area (Å²) in [6.45, 7) is 0. The van der Waals surface area contributed by atoms with Crippen LogP contribution in [-0.4, -0.2) is 15.4 Å². The number of fused-ring (bicyclic) bond motifs is 1. The Bertz CT molecular complexity index is 1740. The van der Waals surface area contributed by atoms with E-state index in [1.807, 2.05) is 6.07 Å². The molecular weight excluding hydrogens is 486 g/mol. The predicted molar refractivity (Wildman–Crippen MR) is 130 cm³/mol. The normalized spacial score (nSPS) is 15.5. The SMILES string of the molecule is N#CC1=C(N)n2c(s/c(=C\c3ccco3)c2=O)=C(C(=O)Nc2ccc([N+](=O)[O-])cc2)C1c1ccco1. The van der Waals surface area contributed by atoms with Crippen LogP contribution in [0.3, 0.4) is 0 Å². The average molecular weight is 501 g/mol. The van der Waals surface area contributed by atoms with Crippen molar-refractivity contribution in [3.8, 4) is 6.07 Å². The third-order valence-electron chi connectivity index (χ3n) is 5.49. The van der Waals surface area contributed by atoms with Crippen LogP contribution in [0.4, 0.5) is 11.4 Å². The molecule has 1 aliphatic rings. The maximum absolute atomic E-state index is 13.6. The summed E-state index contributed by atoms with van der Waals surface area (Å²) < 4.78 is 12.4. The molecule has 0 aliphatic carbocycles. The van der Waals surface area contributed by atoms with E-state index in [1.165, 1.54) is 42.9 Å². The van der Waals surface area contributed by atoms with Crippen molar-refractivity contribution in [3.63, 3.8) is 0 Å². The molecule has 1 atom stereocenters. The molecule has 5 rings (SSSR count). The summed E-state index contributed by atoms with van der Waals surface area (Å²) in [5.41, 5.74) is 5.94. The van der Waals surface area contributed by atoms with Gasteiger partial charge in [-0.2, -0.15) is 5.26 Å². The van der Waals surface area contributed by atoms with Crippen LogP contribution in [0.25, 0.3) is 17.5 Å². The number of hydrogen-bond acceptors (Lipinski definition) is 9. The highest BCUT2D eigenvalue weighted by atomic mass is 32.1. The Morgan fingerprint density at radius 3 is 2.53 bits per heavy atom. The number of nitrogens with two attached hydrogens (primary N) is 1. The van der Waals surface area contributed by atoms with Crippen molar-refractivity contribution in [2.24, 2.45) is 5.73 Å². The summed E-state index contributed by atoms with van der Waals surface area (Å²) in [6.07, 6.45) is 4.38. The van der Waals surface area contributed by atoms with Crippen molar-refractivity contribution in [1.82, 2.24) is 4.57 Å². The summed E-state index contributed by atoms with van der Waals surface area (Å²) in [6, 6.07) is 13.8. The number of nitrogens with zero attached hydrogens (tertiary/aromatic N) is 3. The van der Waals surface area contributed by atoms with Gasteiger partial charge in [0.2, 0.25) is 0 Å². The summed E-state index contributed by atoms with van der Waals surface area (Å²) in [4.78, 5) is 37.3. The Hall–Kier alpha value is -5.15. The van der Waals surface area contributed by atoms with E-state index in [2.05, 4.69) is 5.32 Å². The number of anilines is 1. The number of amides is 1. The van der Waals surface area contributed by atoms with Gasteiger partial charge in [0.25, 0.3) is 17.2 Å². The molecule has 1 unspecified atom stereocenters. The smallest absolute Gasteiger partial charge is 0.274 e. The van der Waals surface area contributed by atoms with Gasteiger partial charge in [0.15, 0.2) is 0 Å². The van der Waals surface area contributed by atoms with Gasteiger partial charge < -0.3 is 19.9 Å². The monoisotopic (exact) mass is 501 g/mol. The Morgan fingerprint density at radius 1 is 1.19 bits per heavy atom. The van der Waals surface area contributed by atoms with Gasteiger partial charge in [-0.15, -0.1) is 11.3 Å². The minimum absolute atomic E-state index is 0.0317. The highest BCUT2D eigenvalue weighted by Crippen LogP contribution is 2.36. The first kappa shape index (κ1) is 22.6. The largest absolute Gasteiger partial charge is 0.468 e. The van der Waals surface area contributed by atoms with Gasteiger partial charge in [0.05, 0.1) is 45.1 Å². The molecule has 0 spiro atoms. The molecular formula is C24H15N5O6S. The van der Waals surface area contributed by atoms with Gasteiger partial charge in [-0.05, 0) is 36.4 Å². The molecule has 1 aliphatic heterocycles. The van der Waals surface area contributed by atoms with Crippen LogP contribution >= 0.6 is 11.3 Å². The van der Waals surface area contributed by atoms with Crippen molar-refractivity contribution in [2.45, 2.75) is 5.92 Å². The molecule has 36 heavy (non-hydrogen) atoms. The molecule has 3 N–H and O–H groups in total. The molecule has 4 aromatic rings. The highest BCUT2D eigenvalue weighted by Gasteiger charge is 2.37. The fraction of sp³-hybridized carbons (Fsp3) is 0.0417. The second-order valence-electron chi connectivity index (χ2n) is 7.60. The van der Waals surface area contributed by atoms with Crippen molar-refractivity contribution < 1.29 is 18.6 Å².